The minimum absolute atomic E-state index is 0.510. The van der Waals surface area contributed by atoms with Gasteiger partial charge in [-0.2, -0.15) is 0 Å². The predicted molar refractivity (Wildman–Crippen MR) is 63.6 cm³/mol. The smallest absolute Gasteiger partial charge is 0.242 e. The Morgan fingerprint density at radius 2 is 2.35 bits per heavy atom. The fraction of sp³-hybridized carbons (Fsp3) is 0.300. The molecule has 0 aliphatic heterocycles. The van der Waals surface area contributed by atoms with E-state index in [1.165, 1.54) is 0 Å². The number of aryl methyl sites for hydroxylation is 1. The Bertz CT molecular complexity index is 483. The quantitative estimate of drug-likeness (QED) is 0.570. The molecule has 1 heterocycles. The molecule has 0 aliphatic rings. The molecule has 7 heteroatoms. The zero-order valence-electron chi connectivity index (χ0n) is 9.50. The monoisotopic (exact) mass is 234 g/mol. The minimum Gasteiger partial charge on any atom is -0.492 e. The van der Waals surface area contributed by atoms with Gasteiger partial charge in [-0.3, -0.25) is 0 Å². The lowest BCUT2D eigenvalue weighted by molar-refractivity contribution is 0.332. The summed E-state index contributed by atoms with van der Waals surface area (Å²) in [7, 11) is 1.76. The average Bonchev–Trinajstić information content (AvgIpc) is 2.71. The maximum atomic E-state index is 5.63. The van der Waals surface area contributed by atoms with Gasteiger partial charge in [0.15, 0.2) is 0 Å². The molecule has 0 spiro atoms. The van der Waals surface area contributed by atoms with Crippen molar-refractivity contribution in [3.8, 4) is 5.75 Å². The number of hydrogen-bond donors (Lipinski definition) is 2. The first-order valence-corrected chi connectivity index (χ1v) is 5.20. The summed E-state index contributed by atoms with van der Waals surface area (Å²) < 4.78 is 7.06. The van der Waals surface area contributed by atoms with Crippen LogP contribution in [0.15, 0.2) is 24.3 Å². The molecule has 0 radical (unpaired) electrons. The molecule has 0 amide bonds. The topological polar surface area (TPSA) is 90.9 Å². The molecule has 2 aromatic rings. The number of aromatic nitrogens is 4. The number of benzene rings is 1. The summed E-state index contributed by atoms with van der Waals surface area (Å²) in [5.74, 6) is 1.36. The highest BCUT2D eigenvalue weighted by molar-refractivity contribution is 5.43. The van der Waals surface area contributed by atoms with E-state index in [1.807, 2.05) is 18.2 Å². The second-order valence-electron chi connectivity index (χ2n) is 3.47. The van der Waals surface area contributed by atoms with E-state index in [0.29, 0.717) is 24.8 Å². The fourth-order valence-corrected chi connectivity index (χ4v) is 1.32. The summed E-state index contributed by atoms with van der Waals surface area (Å²) >= 11 is 0. The Morgan fingerprint density at radius 3 is 3.06 bits per heavy atom. The van der Waals surface area contributed by atoms with E-state index in [-0.39, 0.29) is 0 Å². The van der Waals surface area contributed by atoms with Crippen LogP contribution < -0.4 is 15.8 Å². The van der Waals surface area contributed by atoms with Crippen LogP contribution in [0.4, 0.5) is 11.6 Å². The number of nitrogen functional groups attached to an aromatic ring is 1. The van der Waals surface area contributed by atoms with Crippen molar-refractivity contribution in [3.05, 3.63) is 24.3 Å². The van der Waals surface area contributed by atoms with Crippen LogP contribution in [0.1, 0.15) is 0 Å². The largest absolute Gasteiger partial charge is 0.492 e. The predicted octanol–water partition coefficient (Wildman–Crippen LogP) is 0.283. The maximum Gasteiger partial charge on any atom is 0.242 e. The molecule has 0 saturated carbocycles. The molecule has 1 aromatic carbocycles. The second-order valence-corrected chi connectivity index (χ2v) is 3.47. The highest BCUT2D eigenvalue weighted by Gasteiger charge is 2.00. The third kappa shape index (κ3) is 3.07. The van der Waals surface area contributed by atoms with E-state index in [2.05, 4.69) is 20.8 Å². The lowest BCUT2D eigenvalue weighted by Crippen LogP contribution is -2.14. The molecule has 0 atom stereocenters. The normalized spacial score (nSPS) is 10.2. The first-order valence-electron chi connectivity index (χ1n) is 5.20. The van der Waals surface area contributed by atoms with E-state index < -0.39 is 0 Å². The van der Waals surface area contributed by atoms with Crippen LogP contribution in [-0.2, 0) is 7.05 Å². The standard InChI is InChI=1S/C10H14N6O/c1-16-10(13-14-15-16)12-5-6-17-9-4-2-3-8(11)7-9/h2-4,7H,5-6,11H2,1H3,(H,12,13,15). The summed E-state index contributed by atoms with van der Waals surface area (Å²) in [4.78, 5) is 0. The number of rotatable bonds is 5. The molecule has 0 saturated heterocycles. The second kappa shape index (κ2) is 5.15. The van der Waals surface area contributed by atoms with Crippen LogP contribution in [-0.4, -0.2) is 33.4 Å². The van der Waals surface area contributed by atoms with Gasteiger partial charge in [-0.25, -0.2) is 4.68 Å². The number of hydrogen-bond acceptors (Lipinski definition) is 6. The van der Waals surface area contributed by atoms with Gasteiger partial charge in [-0.15, -0.1) is 0 Å². The van der Waals surface area contributed by atoms with Crippen LogP contribution in [0.5, 0.6) is 5.75 Å². The summed E-state index contributed by atoms with van der Waals surface area (Å²) in [5, 5.41) is 14.1. The van der Waals surface area contributed by atoms with E-state index in [0.717, 1.165) is 5.75 Å². The SMILES string of the molecule is Cn1nnnc1NCCOc1cccc(N)c1. The summed E-state index contributed by atoms with van der Waals surface area (Å²) in [5.41, 5.74) is 6.32. The number of nitrogens with two attached hydrogens (primary N) is 1. The van der Waals surface area contributed by atoms with E-state index in [4.69, 9.17) is 10.5 Å². The Hall–Kier alpha value is -2.31. The Labute approximate surface area is 98.6 Å². The number of nitrogens with one attached hydrogen (secondary N) is 1. The third-order valence-electron chi connectivity index (χ3n) is 2.13. The van der Waals surface area contributed by atoms with Crippen LogP contribution in [0.2, 0.25) is 0 Å². The summed E-state index contributed by atoms with van der Waals surface area (Å²) in [6.45, 7) is 1.12. The van der Waals surface area contributed by atoms with Crippen molar-refractivity contribution in [2.45, 2.75) is 0 Å². The first kappa shape index (κ1) is 11.2. The maximum absolute atomic E-state index is 5.63. The third-order valence-corrected chi connectivity index (χ3v) is 2.13. The molecule has 7 nitrogen and oxygen atoms in total. The van der Waals surface area contributed by atoms with Gasteiger partial charge in [-0.1, -0.05) is 11.2 Å². The van der Waals surface area contributed by atoms with Gasteiger partial charge in [0.05, 0.1) is 6.54 Å². The van der Waals surface area contributed by atoms with Crippen molar-refractivity contribution < 1.29 is 4.74 Å². The summed E-state index contributed by atoms with van der Waals surface area (Å²) in [6.07, 6.45) is 0. The molecular weight excluding hydrogens is 220 g/mol. The van der Waals surface area contributed by atoms with Crippen LogP contribution in [0, 0.1) is 0 Å². The Balaban J connectivity index is 1.75. The van der Waals surface area contributed by atoms with Gasteiger partial charge < -0.3 is 15.8 Å². The fourth-order valence-electron chi connectivity index (χ4n) is 1.32. The Morgan fingerprint density at radius 1 is 1.47 bits per heavy atom. The molecular formula is C10H14N6O. The number of nitrogens with zero attached hydrogens (tertiary/aromatic N) is 4. The molecule has 0 bridgehead atoms. The molecule has 1 aromatic heterocycles. The number of anilines is 2. The van der Waals surface area contributed by atoms with Crippen LogP contribution in [0.3, 0.4) is 0 Å². The van der Waals surface area contributed by atoms with E-state index in [9.17, 15) is 0 Å². The van der Waals surface area contributed by atoms with Crippen molar-refractivity contribution >= 4 is 11.6 Å². The Kier molecular flexibility index (Phi) is 3.39. The van der Waals surface area contributed by atoms with Gasteiger partial charge in [-0.05, 0) is 22.6 Å². The number of tetrazole rings is 1. The molecule has 0 unspecified atom stereocenters. The lowest BCUT2D eigenvalue weighted by Gasteiger charge is -2.07. The molecule has 0 aliphatic carbocycles. The van der Waals surface area contributed by atoms with E-state index in [1.54, 1.807) is 17.8 Å². The molecule has 2 rings (SSSR count). The summed E-state index contributed by atoms with van der Waals surface area (Å²) in [6, 6.07) is 7.31. The molecule has 90 valence electrons. The molecule has 0 fully saturated rings. The van der Waals surface area contributed by atoms with Gasteiger partial charge in [0.25, 0.3) is 0 Å². The lowest BCUT2D eigenvalue weighted by atomic mass is 10.3. The van der Waals surface area contributed by atoms with Crippen LogP contribution in [0.25, 0.3) is 0 Å². The van der Waals surface area contributed by atoms with Crippen molar-refractivity contribution in [2.24, 2.45) is 7.05 Å². The van der Waals surface area contributed by atoms with Crippen molar-refractivity contribution in [3.63, 3.8) is 0 Å². The highest BCUT2D eigenvalue weighted by atomic mass is 16.5. The minimum atomic E-state index is 0.510. The van der Waals surface area contributed by atoms with Gasteiger partial charge in [0, 0.05) is 18.8 Å². The van der Waals surface area contributed by atoms with Gasteiger partial charge in [0.2, 0.25) is 5.95 Å². The van der Waals surface area contributed by atoms with Gasteiger partial charge in [0.1, 0.15) is 12.4 Å². The number of ether oxygens (including phenoxy) is 1. The molecule has 17 heavy (non-hydrogen) atoms. The van der Waals surface area contributed by atoms with Crippen molar-refractivity contribution in [2.75, 3.05) is 24.2 Å². The zero-order chi connectivity index (χ0) is 12.1. The van der Waals surface area contributed by atoms with Gasteiger partial charge >= 0.3 is 0 Å². The van der Waals surface area contributed by atoms with Crippen molar-refractivity contribution in [1.29, 1.82) is 0 Å². The van der Waals surface area contributed by atoms with Crippen LogP contribution >= 0.6 is 0 Å². The van der Waals surface area contributed by atoms with Crippen molar-refractivity contribution in [1.82, 2.24) is 20.2 Å². The van der Waals surface area contributed by atoms with E-state index >= 15 is 0 Å². The molecule has 3 N–H and O–H groups in total. The first-order chi connectivity index (χ1) is 8.25. The zero-order valence-corrected chi connectivity index (χ0v) is 9.50. The average molecular weight is 234 g/mol. The highest BCUT2D eigenvalue weighted by Crippen LogP contribution is 2.13.